The van der Waals surface area contributed by atoms with Gasteiger partial charge in [0.2, 0.25) is 0 Å². The number of aryl methyl sites for hydroxylation is 1. The first kappa shape index (κ1) is 24.0. The summed E-state index contributed by atoms with van der Waals surface area (Å²) in [5.74, 6) is -1.08. The van der Waals surface area contributed by atoms with E-state index < -0.39 is 17.4 Å². The predicted molar refractivity (Wildman–Crippen MR) is 132 cm³/mol. The lowest BCUT2D eigenvalue weighted by Gasteiger charge is -2.17. The van der Waals surface area contributed by atoms with Gasteiger partial charge in [-0.1, -0.05) is 37.0 Å². The summed E-state index contributed by atoms with van der Waals surface area (Å²) in [5, 5.41) is 3.78. The Morgan fingerprint density at radius 3 is 2.12 bits per heavy atom. The largest absolute Gasteiger partial charge is 0.327 e. The topological polar surface area (TPSA) is 79.1 Å². The van der Waals surface area contributed by atoms with Crippen LogP contribution in [0.25, 0.3) is 17.0 Å². The van der Waals surface area contributed by atoms with E-state index in [9.17, 15) is 14.4 Å². The molecule has 0 saturated carbocycles. The van der Waals surface area contributed by atoms with Crippen LogP contribution in [0.4, 0.5) is 0 Å². The summed E-state index contributed by atoms with van der Waals surface area (Å²) in [6.07, 6.45) is 3.44. The number of pyridine rings is 1. The molecule has 2 aromatic heterocycles. The Balaban J connectivity index is 2.05. The lowest BCUT2D eigenvalue weighted by Crippen LogP contribution is -2.42. The molecular formula is C25H25Cl2N4O3+. The zero-order valence-corrected chi connectivity index (χ0v) is 21.0. The molecule has 0 spiro atoms. The van der Waals surface area contributed by atoms with Crippen LogP contribution in [-0.2, 0) is 9.59 Å². The molecule has 1 N–H and O–H groups in total. The maximum Gasteiger partial charge on any atom is 0.327 e. The maximum absolute atomic E-state index is 13.8. The van der Waals surface area contributed by atoms with Gasteiger partial charge in [-0.25, -0.2) is 4.68 Å². The molecule has 3 aromatic rings. The number of carbonyl (C=O) groups is 2. The number of nitrogens with zero attached hydrogens (tertiary/aromatic N) is 3. The fraction of sp³-hybridized carbons (Fsp3) is 0.280. The molecule has 0 aliphatic carbocycles. The third-order valence-corrected chi connectivity index (χ3v) is 6.51. The second-order valence-corrected chi connectivity index (χ2v) is 9.69. The van der Waals surface area contributed by atoms with Gasteiger partial charge in [0.1, 0.15) is 5.57 Å². The predicted octanol–water partition coefficient (Wildman–Crippen LogP) is 4.34. The van der Waals surface area contributed by atoms with Crippen molar-refractivity contribution in [2.45, 2.75) is 46.6 Å². The number of aromatic amines is 1. The summed E-state index contributed by atoms with van der Waals surface area (Å²) >= 11 is 12.2. The molecule has 4 rings (SSSR count). The van der Waals surface area contributed by atoms with Gasteiger partial charge < -0.3 is 0 Å². The molecule has 3 heterocycles. The van der Waals surface area contributed by atoms with Gasteiger partial charge in [0.25, 0.3) is 17.2 Å². The van der Waals surface area contributed by atoms with Gasteiger partial charge in [-0.05, 0) is 50.5 Å². The van der Waals surface area contributed by atoms with Crippen LogP contribution in [-0.4, -0.2) is 32.5 Å². The average Bonchev–Trinajstić information content (AvgIpc) is 3.24. The Kier molecular flexibility index (Phi) is 6.27. The lowest BCUT2D eigenvalue weighted by atomic mass is 9.98. The first-order valence-electron chi connectivity index (χ1n) is 10.9. The number of amides is 2. The van der Waals surface area contributed by atoms with Crippen molar-refractivity contribution in [3.63, 3.8) is 0 Å². The van der Waals surface area contributed by atoms with Crippen molar-refractivity contribution in [1.29, 1.82) is 0 Å². The van der Waals surface area contributed by atoms with E-state index in [0.717, 1.165) is 5.56 Å². The number of imide groups is 1. The summed E-state index contributed by atoms with van der Waals surface area (Å²) in [7, 11) is 0. The Morgan fingerprint density at radius 2 is 1.56 bits per heavy atom. The van der Waals surface area contributed by atoms with E-state index in [-0.39, 0.29) is 28.8 Å². The van der Waals surface area contributed by atoms with Crippen molar-refractivity contribution in [3.05, 3.63) is 79.9 Å². The zero-order chi connectivity index (χ0) is 24.9. The fourth-order valence-corrected chi connectivity index (χ4v) is 4.33. The molecule has 7 nitrogen and oxygen atoms in total. The Hall–Kier alpha value is -3.16. The molecule has 1 aliphatic rings. The highest BCUT2D eigenvalue weighted by atomic mass is 35.5. The SMILES string of the molecule is Cc1cc[n+](C2=C(c3c(C(C)C)[nH]n(-c4ccc(Cl)c(Cl)c4)c3=O)C(=O)N(C(C)C)C2=O)cc1. The highest BCUT2D eigenvalue weighted by Gasteiger charge is 2.48. The second kappa shape index (κ2) is 8.89. The van der Waals surface area contributed by atoms with Crippen molar-refractivity contribution < 1.29 is 14.2 Å². The van der Waals surface area contributed by atoms with Crippen molar-refractivity contribution >= 4 is 46.3 Å². The summed E-state index contributed by atoms with van der Waals surface area (Å²) in [6, 6.07) is 8.13. The van der Waals surface area contributed by atoms with Crippen molar-refractivity contribution in [2.75, 3.05) is 0 Å². The molecule has 9 heteroatoms. The zero-order valence-electron chi connectivity index (χ0n) is 19.5. The van der Waals surface area contributed by atoms with Gasteiger partial charge >= 0.3 is 5.91 Å². The Morgan fingerprint density at radius 1 is 0.912 bits per heavy atom. The monoisotopic (exact) mass is 499 g/mol. The van der Waals surface area contributed by atoms with Crippen LogP contribution in [0.5, 0.6) is 0 Å². The number of hydrogen-bond donors (Lipinski definition) is 1. The van der Waals surface area contributed by atoms with Crippen LogP contribution in [0.15, 0.2) is 47.5 Å². The van der Waals surface area contributed by atoms with E-state index >= 15 is 0 Å². The molecule has 34 heavy (non-hydrogen) atoms. The van der Waals surface area contributed by atoms with E-state index in [1.165, 1.54) is 9.58 Å². The van der Waals surface area contributed by atoms with Crippen molar-refractivity contribution in [1.82, 2.24) is 14.7 Å². The molecule has 176 valence electrons. The minimum Gasteiger partial charge on any atom is -0.294 e. The van der Waals surface area contributed by atoms with Gasteiger partial charge in [-0.15, -0.1) is 0 Å². The number of halogens is 2. The molecule has 1 aliphatic heterocycles. The Bertz CT molecular complexity index is 1400. The molecule has 0 atom stereocenters. The third kappa shape index (κ3) is 3.89. The first-order valence-corrected chi connectivity index (χ1v) is 11.7. The van der Waals surface area contributed by atoms with E-state index in [1.807, 2.05) is 32.9 Å². The average molecular weight is 500 g/mol. The third-order valence-electron chi connectivity index (χ3n) is 5.77. The molecule has 0 fully saturated rings. The standard InChI is InChI=1S/C25H24Cl2N4O3/c1-13(2)21-19(24(33)31(28-21)16-6-7-17(26)18(27)12-16)20-22(29-10-8-15(5)9-11-29)25(34)30(14(3)4)23(20)32/h6-14H,1-5H3/p+1. The van der Waals surface area contributed by atoms with Crippen LogP contribution < -0.4 is 10.1 Å². The normalized spacial score (nSPS) is 14.3. The van der Waals surface area contributed by atoms with E-state index in [1.54, 1.807) is 49.0 Å². The van der Waals surface area contributed by atoms with Crippen LogP contribution in [0, 0.1) is 6.92 Å². The van der Waals surface area contributed by atoms with E-state index in [4.69, 9.17) is 23.2 Å². The molecule has 0 unspecified atom stereocenters. The quantitative estimate of drug-likeness (QED) is 0.418. The summed E-state index contributed by atoms with van der Waals surface area (Å²) < 4.78 is 2.93. The van der Waals surface area contributed by atoms with Crippen molar-refractivity contribution in [3.8, 4) is 5.69 Å². The summed E-state index contributed by atoms with van der Waals surface area (Å²) in [5.41, 5.74) is 1.97. The molecule has 1 aromatic carbocycles. The van der Waals surface area contributed by atoms with Gasteiger partial charge in [0.05, 0.1) is 21.3 Å². The first-order chi connectivity index (χ1) is 16.0. The second-order valence-electron chi connectivity index (χ2n) is 8.87. The van der Waals surface area contributed by atoms with Gasteiger partial charge in [-0.2, -0.15) is 4.57 Å². The smallest absolute Gasteiger partial charge is 0.294 e. The number of aromatic nitrogens is 3. The molecule has 0 bridgehead atoms. The van der Waals surface area contributed by atoms with E-state index in [0.29, 0.717) is 21.4 Å². The fourth-order valence-electron chi connectivity index (χ4n) is 4.04. The number of hydrogen-bond acceptors (Lipinski definition) is 3. The van der Waals surface area contributed by atoms with Gasteiger partial charge in [-0.3, -0.25) is 24.4 Å². The van der Waals surface area contributed by atoms with E-state index in [2.05, 4.69) is 5.10 Å². The Labute approximate surface area is 207 Å². The molecular weight excluding hydrogens is 475 g/mol. The van der Waals surface area contributed by atoms with Crippen LogP contribution in [0.3, 0.4) is 0 Å². The lowest BCUT2D eigenvalue weighted by molar-refractivity contribution is -0.577. The molecule has 0 radical (unpaired) electrons. The van der Waals surface area contributed by atoms with Crippen LogP contribution in [0.2, 0.25) is 10.0 Å². The van der Waals surface area contributed by atoms with Crippen LogP contribution in [0.1, 0.15) is 50.4 Å². The molecule has 2 amide bonds. The maximum atomic E-state index is 13.8. The number of carbonyl (C=O) groups excluding carboxylic acids is 2. The minimum absolute atomic E-state index is 0.0799. The van der Waals surface area contributed by atoms with Crippen molar-refractivity contribution in [2.24, 2.45) is 0 Å². The number of H-pyrrole nitrogens is 1. The number of rotatable bonds is 5. The van der Waals surface area contributed by atoms with Gasteiger partial charge in [0, 0.05) is 23.9 Å². The van der Waals surface area contributed by atoms with Crippen LogP contribution >= 0.6 is 23.2 Å². The number of nitrogens with one attached hydrogen (secondary N) is 1. The highest BCUT2D eigenvalue weighted by Crippen LogP contribution is 2.33. The summed E-state index contributed by atoms with van der Waals surface area (Å²) in [4.78, 5) is 42.0. The number of benzene rings is 1. The minimum atomic E-state index is -0.498. The molecule has 0 saturated heterocycles. The van der Waals surface area contributed by atoms with Gasteiger partial charge in [0.15, 0.2) is 12.4 Å². The highest BCUT2D eigenvalue weighted by molar-refractivity contribution is 6.44. The summed E-state index contributed by atoms with van der Waals surface area (Å²) in [6.45, 7) is 9.29.